The van der Waals surface area contributed by atoms with E-state index in [2.05, 4.69) is 4.98 Å². The fraction of sp³-hybridized carbons (Fsp3) is 0.360. The number of hydrogen-bond acceptors (Lipinski definition) is 6. The Hall–Kier alpha value is -2.62. The van der Waals surface area contributed by atoms with Crippen molar-refractivity contribution in [3.63, 3.8) is 0 Å². The fourth-order valence-corrected chi connectivity index (χ4v) is 6.82. The molecule has 9 heteroatoms. The Labute approximate surface area is 204 Å². The number of benzene rings is 2. The van der Waals surface area contributed by atoms with Crippen LogP contribution < -0.4 is 4.90 Å². The molecule has 7 nitrogen and oxygen atoms in total. The van der Waals surface area contributed by atoms with Crippen molar-refractivity contribution in [3.8, 4) is 11.5 Å². The number of aromatic nitrogens is 1. The van der Waals surface area contributed by atoms with E-state index in [4.69, 9.17) is 4.42 Å². The van der Waals surface area contributed by atoms with E-state index in [0.717, 1.165) is 48.2 Å². The van der Waals surface area contributed by atoms with E-state index in [9.17, 15) is 13.2 Å². The van der Waals surface area contributed by atoms with Crippen LogP contribution in [0.1, 0.15) is 30.5 Å². The van der Waals surface area contributed by atoms with Crippen LogP contribution in [0, 0.1) is 0 Å². The average Bonchev–Trinajstić information content (AvgIpc) is 3.57. The number of aryl methyl sites for hydroxylation is 1. The maximum atomic E-state index is 13.0. The maximum Gasteiger partial charge on any atom is 0.243 e. The van der Waals surface area contributed by atoms with Crippen LogP contribution in [0.2, 0.25) is 0 Å². The maximum absolute atomic E-state index is 13.0. The molecule has 5 rings (SSSR count). The predicted molar refractivity (Wildman–Crippen MR) is 133 cm³/mol. The lowest BCUT2D eigenvalue weighted by molar-refractivity contribution is -0.116. The van der Waals surface area contributed by atoms with Gasteiger partial charge in [0.15, 0.2) is 0 Å². The van der Waals surface area contributed by atoms with Crippen LogP contribution in [-0.2, 0) is 27.0 Å². The Morgan fingerprint density at radius 2 is 1.82 bits per heavy atom. The summed E-state index contributed by atoms with van der Waals surface area (Å²) in [6.45, 7) is 1.81. The number of thioether (sulfide) groups is 1. The number of amides is 1. The minimum Gasteiger partial charge on any atom is -0.444 e. The summed E-state index contributed by atoms with van der Waals surface area (Å²) in [5, 5.41) is 0. The second-order valence-corrected chi connectivity index (χ2v) is 11.5. The van der Waals surface area contributed by atoms with Gasteiger partial charge in [0.25, 0.3) is 0 Å². The molecule has 3 aromatic rings. The monoisotopic (exact) mass is 497 g/mol. The first-order valence-electron chi connectivity index (χ1n) is 11.5. The van der Waals surface area contributed by atoms with Gasteiger partial charge in [0.1, 0.15) is 6.26 Å². The Morgan fingerprint density at radius 3 is 2.62 bits per heavy atom. The molecular formula is C25H27N3O4S2. The highest BCUT2D eigenvalue weighted by molar-refractivity contribution is 7.99. The molecule has 0 atom stereocenters. The number of carbonyl (C=O) groups excluding carboxylic acids is 1. The van der Waals surface area contributed by atoms with Crippen molar-refractivity contribution in [1.29, 1.82) is 0 Å². The number of sulfonamides is 1. The third-order valence-electron chi connectivity index (χ3n) is 6.22. The summed E-state index contributed by atoms with van der Waals surface area (Å²) < 4.78 is 33.0. The molecule has 2 aromatic carbocycles. The number of hydrogen-bond donors (Lipinski definition) is 0. The predicted octanol–water partition coefficient (Wildman–Crippen LogP) is 4.34. The van der Waals surface area contributed by atoms with Crippen molar-refractivity contribution in [2.24, 2.45) is 0 Å². The fourth-order valence-electron chi connectivity index (χ4n) is 4.48. The molecule has 34 heavy (non-hydrogen) atoms. The second-order valence-electron chi connectivity index (χ2n) is 8.55. The standard InChI is InChI=1S/C25H27N3O4S2/c29-24(18-33-17-21-16-32-25(26-21)19-7-2-1-3-8-19)28-14-6-9-20-15-22(10-11-23(20)28)34(30,31)27-12-4-5-13-27/h1-3,7-8,10-11,15-16H,4-6,9,12-14,17-18H2. The van der Waals surface area contributed by atoms with Crippen molar-refractivity contribution in [3.05, 3.63) is 66.1 Å². The molecule has 0 spiro atoms. The van der Waals surface area contributed by atoms with Gasteiger partial charge in [0.2, 0.25) is 21.8 Å². The summed E-state index contributed by atoms with van der Waals surface area (Å²) in [5.74, 6) is 1.50. The van der Waals surface area contributed by atoms with Gasteiger partial charge in [0, 0.05) is 36.6 Å². The molecule has 0 N–H and O–H groups in total. The molecule has 3 heterocycles. The van der Waals surface area contributed by atoms with Gasteiger partial charge in [0.05, 0.1) is 16.3 Å². The summed E-state index contributed by atoms with van der Waals surface area (Å²) in [5.41, 5.74) is 3.47. The van der Waals surface area contributed by atoms with Crippen LogP contribution in [-0.4, -0.2) is 49.0 Å². The summed E-state index contributed by atoms with van der Waals surface area (Å²) >= 11 is 1.50. The lowest BCUT2D eigenvalue weighted by Crippen LogP contribution is -2.37. The first-order chi connectivity index (χ1) is 16.5. The highest BCUT2D eigenvalue weighted by atomic mass is 32.2. The Morgan fingerprint density at radius 1 is 1.03 bits per heavy atom. The zero-order valence-corrected chi connectivity index (χ0v) is 20.5. The van der Waals surface area contributed by atoms with E-state index in [1.165, 1.54) is 11.8 Å². The van der Waals surface area contributed by atoms with Crippen molar-refractivity contribution in [2.45, 2.75) is 36.3 Å². The third kappa shape index (κ3) is 4.78. The molecular weight excluding hydrogens is 470 g/mol. The zero-order valence-electron chi connectivity index (χ0n) is 18.9. The Balaban J connectivity index is 1.22. The second kappa shape index (κ2) is 9.93. The van der Waals surface area contributed by atoms with E-state index in [1.54, 1.807) is 33.7 Å². The summed E-state index contributed by atoms with van der Waals surface area (Å²) in [6, 6.07) is 14.9. The van der Waals surface area contributed by atoms with Gasteiger partial charge in [-0.2, -0.15) is 4.31 Å². The highest BCUT2D eigenvalue weighted by Gasteiger charge is 2.29. The van der Waals surface area contributed by atoms with Gasteiger partial charge < -0.3 is 9.32 Å². The Bertz CT molecular complexity index is 1270. The minimum atomic E-state index is -3.46. The average molecular weight is 498 g/mol. The van der Waals surface area contributed by atoms with Crippen molar-refractivity contribution in [1.82, 2.24) is 9.29 Å². The van der Waals surface area contributed by atoms with Crippen molar-refractivity contribution >= 4 is 33.4 Å². The molecule has 0 radical (unpaired) electrons. The SMILES string of the molecule is O=C(CSCc1coc(-c2ccccc2)n1)N1CCCc2cc(S(=O)(=O)N3CCCC3)ccc21. The van der Waals surface area contributed by atoms with E-state index in [1.807, 2.05) is 30.3 Å². The molecule has 1 aromatic heterocycles. The van der Waals surface area contributed by atoms with Gasteiger partial charge in [-0.1, -0.05) is 18.2 Å². The normalized spacial score (nSPS) is 16.5. The van der Waals surface area contributed by atoms with E-state index in [-0.39, 0.29) is 5.91 Å². The van der Waals surface area contributed by atoms with Crippen LogP contribution >= 0.6 is 11.8 Å². The topological polar surface area (TPSA) is 83.7 Å². The minimum absolute atomic E-state index is 0.0212. The molecule has 178 valence electrons. The van der Waals surface area contributed by atoms with Gasteiger partial charge >= 0.3 is 0 Å². The zero-order chi connectivity index (χ0) is 23.5. The molecule has 0 saturated carbocycles. The van der Waals surface area contributed by atoms with E-state index in [0.29, 0.717) is 41.9 Å². The molecule has 0 aliphatic carbocycles. The van der Waals surface area contributed by atoms with Gasteiger partial charge in [-0.05, 0) is 61.6 Å². The lowest BCUT2D eigenvalue weighted by Gasteiger charge is -2.30. The number of nitrogens with zero attached hydrogens (tertiary/aromatic N) is 3. The molecule has 2 aliphatic heterocycles. The Kier molecular flexibility index (Phi) is 6.76. The number of rotatable bonds is 7. The van der Waals surface area contributed by atoms with Gasteiger partial charge in [-0.15, -0.1) is 11.8 Å². The van der Waals surface area contributed by atoms with Crippen LogP contribution in [0.3, 0.4) is 0 Å². The summed E-state index contributed by atoms with van der Waals surface area (Å²) in [7, 11) is -3.46. The quantitative estimate of drug-likeness (QED) is 0.483. The first kappa shape index (κ1) is 23.1. The smallest absolute Gasteiger partial charge is 0.243 e. The van der Waals surface area contributed by atoms with Crippen LogP contribution in [0.5, 0.6) is 0 Å². The van der Waals surface area contributed by atoms with E-state index < -0.39 is 10.0 Å². The molecule has 1 fully saturated rings. The molecule has 0 bridgehead atoms. The number of carbonyl (C=O) groups is 1. The van der Waals surface area contributed by atoms with Crippen LogP contribution in [0.4, 0.5) is 5.69 Å². The molecule has 0 unspecified atom stereocenters. The van der Waals surface area contributed by atoms with Crippen LogP contribution in [0.25, 0.3) is 11.5 Å². The molecule has 1 saturated heterocycles. The number of fused-ring (bicyclic) bond motifs is 1. The third-order valence-corrected chi connectivity index (χ3v) is 9.07. The van der Waals surface area contributed by atoms with E-state index >= 15 is 0 Å². The van der Waals surface area contributed by atoms with Crippen LogP contribution in [0.15, 0.2) is 64.1 Å². The van der Waals surface area contributed by atoms with Gasteiger partial charge in [-0.3, -0.25) is 4.79 Å². The molecule has 1 amide bonds. The van der Waals surface area contributed by atoms with Crippen molar-refractivity contribution in [2.75, 3.05) is 30.3 Å². The first-order valence-corrected chi connectivity index (χ1v) is 14.1. The lowest BCUT2D eigenvalue weighted by atomic mass is 10.0. The van der Waals surface area contributed by atoms with Crippen molar-refractivity contribution < 1.29 is 17.6 Å². The highest BCUT2D eigenvalue weighted by Crippen LogP contribution is 2.32. The van der Waals surface area contributed by atoms with Gasteiger partial charge in [-0.25, -0.2) is 13.4 Å². The summed E-state index contributed by atoms with van der Waals surface area (Å²) in [6.07, 6.45) is 5.05. The number of oxazole rings is 1. The summed E-state index contributed by atoms with van der Waals surface area (Å²) in [4.78, 5) is 19.6. The molecule has 2 aliphatic rings. The number of anilines is 1. The largest absolute Gasteiger partial charge is 0.444 e.